The van der Waals surface area contributed by atoms with E-state index < -0.39 is 0 Å². The summed E-state index contributed by atoms with van der Waals surface area (Å²) in [5.74, 6) is 2.41. The zero-order valence-corrected chi connectivity index (χ0v) is 10.7. The molecule has 0 radical (unpaired) electrons. The van der Waals surface area contributed by atoms with Crippen LogP contribution in [0.3, 0.4) is 0 Å². The lowest BCUT2D eigenvalue weighted by molar-refractivity contribution is 0.0278. The Morgan fingerprint density at radius 3 is 2.94 bits per heavy atom. The van der Waals surface area contributed by atoms with Crippen molar-refractivity contribution in [3.05, 3.63) is 23.7 Å². The Labute approximate surface area is 103 Å². The summed E-state index contributed by atoms with van der Waals surface area (Å²) in [5.41, 5.74) is 6.09. The number of ether oxygens (including phenoxy) is 1. The first-order valence-corrected chi connectivity index (χ1v) is 6.22. The van der Waals surface area contributed by atoms with Gasteiger partial charge in [-0.25, -0.2) is 0 Å². The van der Waals surface area contributed by atoms with Crippen molar-refractivity contribution < 1.29 is 9.15 Å². The fraction of sp³-hybridized carbons (Fsp3) is 0.692. The molecule has 1 aliphatic rings. The second-order valence-electron chi connectivity index (χ2n) is 5.00. The number of aryl methyl sites for hydroxylation is 1. The van der Waals surface area contributed by atoms with Crippen molar-refractivity contribution in [1.29, 1.82) is 0 Å². The van der Waals surface area contributed by atoms with E-state index in [-0.39, 0.29) is 6.04 Å². The fourth-order valence-corrected chi connectivity index (χ4v) is 2.30. The first-order valence-electron chi connectivity index (χ1n) is 6.22. The van der Waals surface area contributed by atoms with E-state index in [1.165, 1.54) is 0 Å². The average molecular weight is 238 g/mol. The number of rotatable bonds is 4. The fourth-order valence-electron chi connectivity index (χ4n) is 2.30. The summed E-state index contributed by atoms with van der Waals surface area (Å²) in [6.45, 7) is 5.34. The van der Waals surface area contributed by atoms with Crippen LogP contribution in [0.2, 0.25) is 0 Å². The molecular weight excluding hydrogens is 216 g/mol. The first kappa shape index (κ1) is 12.6. The lowest BCUT2D eigenvalue weighted by atomic mass is 9.96. The smallest absolute Gasteiger partial charge is 0.118 e. The SMILES string of the molecule is Cc1ccc(CN(C)CC2COCCC2N)o1. The van der Waals surface area contributed by atoms with E-state index in [2.05, 4.69) is 11.9 Å². The largest absolute Gasteiger partial charge is 0.465 e. The van der Waals surface area contributed by atoms with E-state index in [9.17, 15) is 0 Å². The third-order valence-electron chi connectivity index (χ3n) is 3.30. The number of nitrogens with two attached hydrogens (primary N) is 1. The maximum absolute atomic E-state index is 6.09. The highest BCUT2D eigenvalue weighted by atomic mass is 16.5. The normalized spacial score (nSPS) is 25.4. The standard InChI is InChI=1S/C13H22N2O2/c1-10-3-4-12(17-10)8-15(2)7-11-9-16-6-5-13(11)14/h3-4,11,13H,5-9,14H2,1-2H3. The molecule has 0 bridgehead atoms. The Bertz CT molecular complexity index is 351. The maximum atomic E-state index is 6.09. The van der Waals surface area contributed by atoms with Crippen molar-refractivity contribution in [3.63, 3.8) is 0 Å². The molecule has 2 heterocycles. The van der Waals surface area contributed by atoms with Gasteiger partial charge in [0, 0.05) is 25.1 Å². The minimum Gasteiger partial charge on any atom is -0.465 e. The Hall–Kier alpha value is -0.840. The number of hydrogen-bond acceptors (Lipinski definition) is 4. The van der Waals surface area contributed by atoms with Crippen LogP contribution in [-0.2, 0) is 11.3 Å². The van der Waals surface area contributed by atoms with E-state index in [4.69, 9.17) is 14.9 Å². The van der Waals surface area contributed by atoms with Crippen molar-refractivity contribution in [2.75, 3.05) is 26.8 Å². The highest BCUT2D eigenvalue weighted by molar-refractivity contribution is 5.05. The molecule has 4 nitrogen and oxygen atoms in total. The lowest BCUT2D eigenvalue weighted by Gasteiger charge is -2.31. The molecule has 2 rings (SSSR count). The molecule has 0 amide bonds. The van der Waals surface area contributed by atoms with Crippen molar-refractivity contribution in [3.8, 4) is 0 Å². The molecular formula is C13H22N2O2. The van der Waals surface area contributed by atoms with Crippen LogP contribution in [0.5, 0.6) is 0 Å². The van der Waals surface area contributed by atoms with Crippen molar-refractivity contribution in [2.24, 2.45) is 11.7 Å². The van der Waals surface area contributed by atoms with Gasteiger partial charge in [-0.1, -0.05) is 0 Å². The van der Waals surface area contributed by atoms with Gasteiger partial charge in [0.15, 0.2) is 0 Å². The van der Waals surface area contributed by atoms with Crippen molar-refractivity contribution in [2.45, 2.75) is 25.9 Å². The number of nitrogens with zero attached hydrogens (tertiary/aromatic N) is 1. The van der Waals surface area contributed by atoms with Gasteiger partial charge >= 0.3 is 0 Å². The van der Waals surface area contributed by atoms with Gasteiger partial charge < -0.3 is 14.9 Å². The predicted molar refractivity (Wildman–Crippen MR) is 66.7 cm³/mol. The van der Waals surface area contributed by atoms with Gasteiger partial charge in [-0.3, -0.25) is 4.90 Å². The second kappa shape index (κ2) is 5.67. The van der Waals surface area contributed by atoms with Crippen LogP contribution in [0, 0.1) is 12.8 Å². The van der Waals surface area contributed by atoms with Gasteiger partial charge in [-0.15, -0.1) is 0 Å². The molecule has 1 fully saturated rings. The van der Waals surface area contributed by atoms with Gasteiger partial charge in [0.05, 0.1) is 13.2 Å². The Morgan fingerprint density at radius 2 is 2.29 bits per heavy atom. The summed E-state index contributed by atoms with van der Waals surface area (Å²) in [6.07, 6.45) is 0.971. The molecule has 1 aromatic heterocycles. The van der Waals surface area contributed by atoms with Gasteiger partial charge in [0.25, 0.3) is 0 Å². The van der Waals surface area contributed by atoms with E-state index in [1.807, 2.05) is 19.1 Å². The van der Waals surface area contributed by atoms with E-state index in [0.29, 0.717) is 5.92 Å². The summed E-state index contributed by atoms with van der Waals surface area (Å²) in [4.78, 5) is 2.25. The molecule has 17 heavy (non-hydrogen) atoms. The molecule has 96 valence electrons. The highest BCUT2D eigenvalue weighted by Gasteiger charge is 2.23. The zero-order valence-electron chi connectivity index (χ0n) is 10.7. The van der Waals surface area contributed by atoms with Crippen LogP contribution in [0.4, 0.5) is 0 Å². The molecule has 4 heteroatoms. The van der Waals surface area contributed by atoms with Crippen LogP contribution in [0.1, 0.15) is 17.9 Å². The van der Waals surface area contributed by atoms with E-state index >= 15 is 0 Å². The van der Waals surface area contributed by atoms with Crippen molar-refractivity contribution in [1.82, 2.24) is 4.90 Å². The molecule has 1 aliphatic heterocycles. The van der Waals surface area contributed by atoms with Crippen LogP contribution < -0.4 is 5.73 Å². The van der Waals surface area contributed by atoms with Crippen LogP contribution in [-0.4, -0.2) is 37.7 Å². The van der Waals surface area contributed by atoms with Crippen LogP contribution in [0.25, 0.3) is 0 Å². The quantitative estimate of drug-likeness (QED) is 0.861. The molecule has 0 aromatic carbocycles. The first-order chi connectivity index (χ1) is 8.15. The van der Waals surface area contributed by atoms with Gasteiger partial charge in [0.2, 0.25) is 0 Å². The summed E-state index contributed by atoms with van der Waals surface area (Å²) < 4.78 is 11.0. The third kappa shape index (κ3) is 3.56. The van der Waals surface area contributed by atoms with Crippen LogP contribution >= 0.6 is 0 Å². The zero-order chi connectivity index (χ0) is 12.3. The summed E-state index contributed by atoms with van der Waals surface area (Å²) >= 11 is 0. The molecule has 1 saturated heterocycles. The summed E-state index contributed by atoms with van der Waals surface area (Å²) in [6, 6.07) is 4.30. The molecule has 0 saturated carbocycles. The predicted octanol–water partition coefficient (Wildman–Crippen LogP) is 1.38. The molecule has 2 atom stereocenters. The summed E-state index contributed by atoms with van der Waals surface area (Å²) in [7, 11) is 2.10. The number of hydrogen-bond donors (Lipinski definition) is 1. The second-order valence-corrected chi connectivity index (χ2v) is 5.00. The Balaban J connectivity index is 1.82. The molecule has 2 N–H and O–H groups in total. The molecule has 0 spiro atoms. The monoisotopic (exact) mass is 238 g/mol. The lowest BCUT2D eigenvalue weighted by Crippen LogP contribution is -2.44. The topological polar surface area (TPSA) is 51.6 Å². The van der Waals surface area contributed by atoms with Gasteiger partial charge in [-0.2, -0.15) is 0 Å². The Morgan fingerprint density at radius 1 is 1.47 bits per heavy atom. The molecule has 1 aromatic rings. The van der Waals surface area contributed by atoms with E-state index in [0.717, 1.165) is 44.2 Å². The Kier molecular flexibility index (Phi) is 4.20. The number of furan rings is 1. The molecule has 0 aliphatic carbocycles. The van der Waals surface area contributed by atoms with Gasteiger partial charge in [0.1, 0.15) is 11.5 Å². The average Bonchev–Trinajstić information content (AvgIpc) is 2.67. The highest BCUT2D eigenvalue weighted by Crippen LogP contribution is 2.15. The summed E-state index contributed by atoms with van der Waals surface area (Å²) in [5, 5.41) is 0. The minimum atomic E-state index is 0.268. The maximum Gasteiger partial charge on any atom is 0.118 e. The molecule has 2 unspecified atom stereocenters. The van der Waals surface area contributed by atoms with E-state index in [1.54, 1.807) is 0 Å². The third-order valence-corrected chi connectivity index (χ3v) is 3.30. The minimum absolute atomic E-state index is 0.268. The van der Waals surface area contributed by atoms with Crippen LogP contribution in [0.15, 0.2) is 16.5 Å². The van der Waals surface area contributed by atoms with Gasteiger partial charge in [-0.05, 0) is 32.5 Å². The van der Waals surface area contributed by atoms with Crippen molar-refractivity contribution >= 4 is 0 Å².